The highest BCUT2D eigenvalue weighted by Crippen LogP contribution is 2.14. The molecular weight excluding hydrogens is 434 g/mol. The summed E-state index contributed by atoms with van der Waals surface area (Å²) in [5, 5.41) is 7.96. The van der Waals surface area contributed by atoms with Gasteiger partial charge in [0.2, 0.25) is 0 Å². The summed E-state index contributed by atoms with van der Waals surface area (Å²) in [6, 6.07) is 15.9. The molecule has 0 aliphatic heterocycles. The minimum atomic E-state index is -0.481. The Bertz CT molecular complexity index is 1130. The molecular formula is C25H25N5O4. The van der Waals surface area contributed by atoms with Crippen molar-refractivity contribution in [3.8, 4) is 11.5 Å². The lowest BCUT2D eigenvalue weighted by Gasteiger charge is -2.09. The molecule has 1 aromatic heterocycles. The molecule has 0 unspecified atom stereocenters. The van der Waals surface area contributed by atoms with Gasteiger partial charge in [0.1, 0.15) is 11.5 Å². The number of pyridine rings is 1. The van der Waals surface area contributed by atoms with Gasteiger partial charge in [-0.3, -0.25) is 14.6 Å². The molecule has 2 amide bonds. The van der Waals surface area contributed by atoms with E-state index in [1.54, 1.807) is 52.3 Å². The average Bonchev–Trinajstić information content (AvgIpc) is 2.84. The van der Waals surface area contributed by atoms with E-state index in [1.165, 1.54) is 18.5 Å². The summed E-state index contributed by atoms with van der Waals surface area (Å²) in [7, 11) is 3.17. The molecule has 3 rings (SSSR count). The third-order valence-electron chi connectivity index (χ3n) is 4.88. The molecule has 34 heavy (non-hydrogen) atoms. The van der Waals surface area contributed by atoms with E-state index in [1.807, 2.05) is 24.3 Å². The molecule has 9 nitrogen and oxygen atoms in total. The number of benzene rings is 2. The first-order valence-corrected chi connectivity index (χ1v) is 10.3. The van der Waals surface area contributed by atoms with E-state index in [2.05, 4.69) is 26.0 Å². The van der Waals surface area contributed by atoms with Gasteiger partial charge in [-0.05, 0) is 79.6 Å². The molecule has 2 aromatic carbocycles. The predicted octanol–water partition coefficient (Wildman–Crippen LogP) is 3.24. The number of methoxy groups -OCH3 is 2. The molecule has 9 heteroatoms. The van der Waals surface area contributed by atoms with Crippen molar-refractivity contribution in [3.63, 3.8) is 0 Å². The van der Waals surface area contributed by atoms with E-state index < -0.39 is 11.8 Å². The van der Waals surface area contributed by atoms with Crippen LogP contribution < -0.4 is 20.3 Å². The Balaban J connectivity index is 1.67. The van der Waals surface area contributed by atoms with Crippen LogP contribution in [-0.2, 0) is 0 Å². The van der Waals surface area contributed by atoms with Crippen LogP contribution in [0.3, 0.4) is 0 Å². The lowest BCUT2D eigenvalue weighted by Crippen LogP contribution is -2.23. The zero-order valence-corrected chi connectivity index (χ0v) is 19.3. The zero-order chi connectivity index (χ0) is 24.5. The maximum absolute atomic E-state index is 12.6. The first-order chi connectivity index (χ1) is 16.4. The van der Waals surface area contributed by atoms with Crippen molar-refractivity contribution in [1.29, 1.82) is 0 Å². The van der Waals surface area contributed by atoms with E-state index in [-0.39, 0.29) is 11.1 Å². The third kappa shape index (κ3) is 6.26. The van der Waals surface area contributed by atoms with Crippen molar-refractivity contribution in [1.82, 2.24) is 15.8 Å². The first-order valence-electron chi connectivity index (χ1n) is 10.3. The van der Waals surface area contributed by atoms with Crippen LogP contribution in [-0.4, -0.2) is 43.4 Å². The summed E-state index contributed by atoms with van der Waals surface area (Å²) in [4.78, 5) is 29.6. The Kier molecular flexibility index (Phi) is 8.07. The largest absolute Gasteiger partial charge is 0.497 e. The molecule has 2 N–H and O–H groups in total. The van der Waals surface area contributed by atoms with Gasteiger partial charge in [-0.2, -0.15) is 10.2 Å². The quantitative estimate of drug-likeness (QED) is 0.396. The maximum atomic E-state index is 12.6. The van der Waals surface area contributed by atoms with E-state index >= 15 is 0 Å². The molecule has 174 valence electrons. The fraction of sp³-hybridized carbons (Fsp3) is 0.160. The van der Waals surface area contributed by atoms with E-state index in [9.17, 15) is 9.59 Å². The third-order valence-corrected chi connectivity index (χ3v) is 4.88. The number of hydrogen-bond acceptors (Lipinski definition) is 7. The van der Waals surface area contributed by atoms with Gasteiger partial charge in [0, 0.05) is 0 Å². The fourth-order valence-electron chi connectivity index (χ4n) is 3.02. The van der Waals surface area contributed by atoms with Crippen LogP contribution in [0.25, 0.3) is 0 Å². The Morgan fingerprint density at radius 3 is 1.47 bits per heavy atom. The molecule has 3 aromatic rings. The number of carbonyl (C=O) groups excluding carboxylic acids is 2. The fourth-order valence-corrected chi connectivity index (χ4v) is 3.02. The molecule has 0 saturated heterocycles. The van der Waals surface area contributed by atoms with E-state index in [0.717, 1.165) is 22.6 Å². The van der Waals surface area contributed by atoms with Crippen LogP contribution in [0.5, 0.6) is 11.5 Å². The smallest absolute Gasteiger partial charge is 0.273 e. The van der Waals surface area contributed by atoms with E-state index in [0.29, 0.717) is 11.4 Å². The number of carbonyl (C=O) groups is 2. The maximum Gasteiger partial charge on any atom is 0.273 e. The van der Waals surface area contributed by atoms with Gasteiger partial charge < -0.3 is 9.47 Å². The topological polar surface area (TPSA) is 114 Å². The van der Waals surface area contributed by atoms with Gasteiger partial charge in [0.15, 0.2) is 0 Å². The lowest BCUT2D eigenvalue weighted by molar-refractivity contribution is 0.0954. The Hall–Kier alpha value is -4.53. The summed E-state index contributed by atoms with van der Waals surface area (Å²) < 4.78 is 10.2. The van der Waals surface area contributed by atoms with Crippen molar-refractivity contribution in [2.24, 2.45) is 10.2 Å². The molecule has 0 aliphatic rings. The lowest BCUT2D eigenvalue weighted by atomic mass is 10.1. The summed E-state index contributed by atoms with van der Waals surface area (Å²) >= 11 is 0. The van der Waals surface area contributed by atoms with Gasteiger partial charge in [0.05, 0.1) is 49.2 Å². The molecule has 0 fully saturated rings. The number of hydrazone groups is 2. The molecule has 1 heterocycles. The second kappa shape index (κ2) is 11.4. The van der Waals surface area contributed by atoms with Gasteiger partial charge in [-0.15, -0.1) is 0 Å². The van der Waals surface area contributed by atoms with Gasteiger partial charge in [-0.25, -0.2) is 10.9 Å². The average molecular weight is 460 g/mol. The van der Waals surface area contributed by atoms with Crippen LogP contribution in [0.2, 0.25) is 0 Å². The van der Waals surface area contributed by atoms with Crippen molar-refractivity contribution < 1.29 is 19.1 Å². The highest BCUT2D eigenvalue weighted by atomic mass is 16.5. The van der Waals surface area contributed by atoms with Crippen molar-refractivity contribution >= 4 is 24.2 Å². The number of aryl methyl sites for hydroxylation is 2. The van der Waals surface area contributed by atoms with Gasteiger partial charge >= 0.3 is 0 Å². The number of hydrogen-bond donors (Lipinski definition) is 2. The Morgan fingerprint density at radius 2 is 1.12 bits per heavy atom. The second-order valence-electron chi connectivity index (χ2n) is 7.20. The number of nitrogens with one attached hydrogen (secondary N) is 2. The SMILES string of the molecule is COc1ccc(/C=N\NC(=O)c2cc(C(=O)N/N=C\c3ccc(OC)cc3)c(C)nc2C)cc1. The molecule has 0 saturated carbocycles. The Morgan fingerprint density at radius 1 is 0.735 bits per heavy atom. The highest BCUT2D eigenvalue weighted by molar-refractivity contribution is 6.01. The summed E-state index contributed by atoms with van der Waals surface area (Å²) in [6.45, 7) is 3.39. The molecule has 0 radical (unpaired) electrons. The van der Waals surface area contributed by atoms with Crippen molar-refractivity contribution in [2.75, 3.05) is 14.2 Å². The number of aromatic nitrogens is 1. The van der Waals surface area contributed by atoms with Crippen molar-refractivity contribution in [3.05, 3.63) is 88.2 Å². The van der Waals surface area contributed by atoms with Crippen LogP contribution in [0.1, 0.15) is 43.2 Å². The molecule has 0 aliphatic carbocycles. The monoisotopic (exact) mass is 459 g/mol. The Labute approximate surface area is 197 Å². The minimum Gasteiger partial charge on any atom is -0.497 e. The minimum absolute atomic E-state index is 0.238. The molecule has 0 bridgehead atoms. The predicted molar refractivity (Wildman–Crippen MR) is 130 cm³/mol. The number of rotatable bonds is 8. The van der Waals surface area contributed by atoms with Crippen LogP contribution >= 0.6 is 0 Å². The normalized spacial score (nSPS) is 10.9. The number of amides is 2. The summed E-state index contributed by atoms with van der Waals surface area (Å²) in [5.74, 6) is 0.486. The molecule has 0 spiro atoms. The van der Waals surface area contributed by atoms with Crippen LogP contribution in [0.15, 0.2) is 64.8 Å². The van der Waals surface area contributed by atoms with Crippen molar-refractivity contribution in [2.45, 2.75) is 13.8 Å². The standard InChI is InChI=1S/C25H25N5O4/c1-16-22(24(31)29-26-14-18-5-9-20(33-3)10-6-18)13-23(17(2)28-16)25(32)30-27-15-19-7-11-21(34-4)12-8-19/h5-15H,1-4H3,(H,29,31)(H,30,32)/b26-14-,27-15-. The van der Waals surface area contributed by atoms with Crippen LogP contribution in [0, 0.1) is 13.8 Å². The summed E-state index contributed by atoms with van der Waals surface area (Å²) in [5.41, 5.74) is 7.94. The zero-order valence-electron chi connectivity index (χ0n) is 19.3. The highest BCUT2D eigenvalue weighted by Gasteiger charge is 2.17. The second-order valence-corrected chi connectivity index (χ2v) is 7.20. The van der Waals surface area contributed by atoms with Gasteiger partial charge in [-0.1, -0.05) is 0 Å². The first kappa shape index (κ1) is 24.1. The van der Waals surface area contributed by atoms with E-state index in [4.69, 9.17) is 9.47 Å². The summed E-state index contributed by atoms with van der Waals surface area (Å²) in [6.07, 6.45) is 3.02. The van der Waals surface area contributed by atoms with Gasteiger partial charge in [0.25, 0.3) is 11.8 Å². The van der Waals surface area contributed by atoms with Crippen LogP contribution in [0.4, 0.5) is 0 Å². The molecule has 0 atom stereocenters. The number of nitrogens with zero attached hydrogens (tertiary/aromatic N) is 3. The number of ether oxygens (including phenoxy) is 2.